The van der Waals surface area contributed by atoms with Gasteiger partial charge < -0.3 is 4.90 Å². The molecule has 1 unspecified atom stereocenters. The third kappa shape index (κ3) is 3.73. The Labute approximate surface area is 124 Å². The van der Waals surface area contributed by atoms with Crippen molar-refractivity contribution >= 4 is 21.6 Å². The molecule has 1 saturated heterocycles. The zero-order valence-electron chi connectivity index (χ0n) is 11.5. The van der Waals surface area contributed by atoms with E-state index in [1.54, 1.807) is 0 Å². The van der Waals surface area contributed by atoms with Crippen molar-refractivity contribution in [2.45, 2.75) is 39.0 Å². The van der Waals surface area contributed by atoms with Gasteiger partial charge in [0.2, 0.25) is 0 Å². The molecule has 1 atom stereocenters. The molecule has 102 valence electrons. The minimum absolute atomic E-state index is 0.717. The molecule has 2 rings (SSSR count). The molecular weight excluding hydrogens is 300 g/mol. The summed E-state index contributed by atoms with van der Waals surface area (Å²) in [7, 11) is 0. The maximum absolute atomic E-state index is 8.92. The number of nitriles is 1. The van der Waals surface area contributed by atoms with Crippen LogP contribution in [0.25, 0.3) is 0 Å². The van der Waals surface area contributed by atoms with Crippen molar-refractivity contribution in [3.05, 3.63) is 28.2 Å². The quantitative estimate of drug-likeness (QED) is 0.805. The van der Waals surface area contributed by atoms with Gasteiger partial charge in [0.1, 0.15) is 0 Å². The molecule has 3 heteroatoms. The lowest BCUT2D eigenvalue weighted by molar-refractivity contribution is 0.435. The van der Waals surface area contributed by atoms with Gasteiger partial charge in [-0.1, -0.05) is 19.8 Å². The van der Waals surface area contributed by atoms with E-state index < -0.39 is 0 Å². The average Bonchev–Trinajstić information content (AvgIpc) is 2.65. The summed E-state index contributed by atoms with van der Waals surface area (Å²) in [6.07, 6.45) is 6.59. The Morgan fingerprint density at radius 2 is 2.21 bits per heavy atom. The van der Waals surface area contributed by atoms with E-state index in [1.165, 1.54) is 37.8 Å². The predicted octanol–water partition coefficient (Wildman–Crippen LogP) is 4.73. The standard InChI is InChI=1S/C16H21BrN2/c1-2-4-13-5-3-9-19(10-8-13)16-7-6-14(12-18)11-15(16)17/h6-7,11,13H,2-5,8-10H2,1H3. The van der Waals surface area contributed by atoms with Gasteiger partial charge in [-0.05, 0) is 59.3 Å². The molecule has 0 aliphatic carbocycles. The number of nitrogens with zero attached hydrogens (tertiary/aromatic N) is 2. The summed E-state index contributed by atoms with van der Waals surface area (Å²) in [5.74, 6) is 0.896. The first-order chi connectivity index (χ1) is 9.24. The molecule has 1 aromatic rings. The van der Waals surface area contributed by atoms with E-state index >= 15 is 0 Å². The summed E-state index contributed by atoms with van der Waals surface area (Å²) < 4.78 is 1.04. The Hall–Kier alpha value is -1.01. The van der Waals surface area contributed by atoms with Crippen molar-refractivity contribution in [2.75, 3.05) is 18.0 Å². The van der Waals surface area contributed by atoms with Crippen molar-refractivity contribution < 1.29 is 0 Å². The highest BCUT2D eigenvalue weighted by atomic mass is 79.9. The van der Waals surface area contributed by atoms with Gasteiger partial charge in [-0.3, -0.25) is 0 Å². The van der Waals surface area contributed by atoms with Crippen LogP contribution in [0.1, 0.15) is 44.6 Å². The Bertz CT molecular complexity index is 464. The maximum Gasteiger partial charge on any atom is 0.0992 e. The van der Waals surface area contributed by atoms with Gasteiger partial charge in [-0.2, -0.15) is 5.26 Å². The normalized spacial score (nSPS) is 19.8. The molecule has 1 aliphatic heterocycles. The minimum atomic E-state index is 0.717. The number of hydrogen-bond acceptors (Lipinski definition) is 2. The lowest BCUT2D eigenvalue weighted by atomic mass is 9.96. The minimum Gasteiger partial charge on any atom is -0.371 e. The Morgan fingerprint density at radius 3 is 2.89 bits per heavy atom. The van der Waals surface area contributed by atoms with Gasteiger partial charge in [-0.15, -0.1) is 0 Å². The molecular formula is C16H21BrN2. The van der Waals surface area contributed by atoms with Crippen LogP contribution in [-0.4, -0.2) is 13.1 Å². The number of hydrogen-bond donors (Lipinski definition) is 0. The molecule has 1 fully saturated rings. The van der Waals surface area contributed by atoms with Gasteiger partial charge >= 0.3 is 0 Å². The van der Waals surface area contributed by atoms with Crippen LogP contribution in [0.15, 0.2) is 22.7 Å². The monoisotopic (exact) mass is 320 g/mol. The molecule has 2 nitrogen and oxygen atoms in total. The number of rotatable bonds is 3. The van der Waals surface area contributed by atoms with Crippen molar-refractivity contribution in [3.8, 4) is 6.07 Å². The highest BCUT2D eigenvalue weighted by molar-refractivity contribution is 9.10. The highest BCUT2D eigenvalue weighted by Crippen LogP contribution is 2.31. The second-order valence-corrected chi connectivity index (χ2v) is 6.20. The van der Waals surface area contributed by atoms with E-state index in [-0.39, 0.29) is 0 Å². The molecule has 0 bridgehead atoms. The van der Waals surface area contributed by atoms with Gasteiger partial charge in [0.15, 0.2) is 0 Å². The van der Waals surface area contributed by atoms with Gasteiger partial charge in [0.25, 0.3) is 0 Å². The Kier molecular flexibility index (Phi) is 5.27. The molecule has 0 amide bonds. The molecule has 0 radical (unpaired) electrons. The molecule has 19 heavy (non-hydrogen) atoms. The van der Waals surface area contributed by atoms with Crippen LogP contribution in [0.3, 0.4) is 0 Å². The zero-order chi connectivity index (χ0) is 13.7. The van der Waals surface area contributed by atoms with Gasteiger partial charge in [0, 0.05) is 17.6 Å². The van der Waals surface area contributed by atoms with E-state index in [0.717, 1.165) is 23.5 Å². The first-order valence-corrected chi connectivity index (χ1v) is 7.98. The van der Waals surface area contributed by atoms with Gasteiger partial charge in [-0.25, -0.2) is 0 Å². The van der Waals surface area contributed by atoms with E-state index in [0.29, 0.717) is 5.56 Å². The summed E-state index contributed by atoms with van der Waals surface area (Å²) in [5, 5.41) is 8.92. The SMILES string of the molecule is CCCC1CCCN(c2ccc(C#N)cc2Br)CC1. The van der Waals surface area contributed by atoms with Crippen LogP contribution in [0.2, 0.25) is 0 Å². The van der Waals surface area contributed by atoms with Crippen molar-refractivity contribution in [1.82, 2.24) is 0 Å². The third-order valence-electron chi connectivity index (χ3n) is 3.96. The first kappa shape index (κ1) is 14.4. The molecule has 1 aromatic carbocycles. The van der Waals surface area contributed by atoms with Crippen molar-refractivity contribution in [3.63, 3.8) is 0 Å². The summed E-state index contributed by atoms with van der Waals surface area (Å²) >= 11 is 3.60. The number of halogens is 1. The van der Waals surface area contributed by atoms with Gasteiger partial charge in [0.05, 0.1) is 17.3 Å². The second kappa shape index (κ2) is 6.96. The van der Waals surface area contributed by atoms with E-state index in [9.17, 15) is 0 Å². The summed E-state index contributed by atoms with van der Waals surface area (Å²) in [4.78, 5) is 2.46. The fourth-order valence-electron chi connectivity index (χ4n) is 2.94. The summed E-state index contributed by atoms with van der Waals surface area (Å²) in [5.41, 5.74) is 1.95. The number of benzene rings is 1. The lowest BCUT2D eigenvalue weighted by Crippen LogP contribution is -2.24. The predicted molar refractivity (Wildman–Crippen MR) is 83.3 cm³/mol. The molecule has 1 heterocycles. The van der Waals surface area contributed by atoms with Crippen LogP contribution in [0.4, 0.5) is 5.69 Å². The van der Waals surface area contributed by atoms with Crippen LogP contribution in [0.5, 0.6) is 0 Å². The zero-order valence-corrected chi connectivity index (χ0v) is 13.1. The van der Waals surface area contributed by atoms with E-state index in [4.69, 9.17) is 5.26 Å². The molecule has 0 N–H and O–H groups in total. The maximum atomic E-state index is 8.92. The fourth-order valence-corrected chi connectivity index (χ4v) is 3.57. The van der Waals surface area contributed by atoms with Crippen molar-refractivity contribution in [1.29, 1.82) is 5.26 Å². The van der Waals surface area contributed by atoms with E-state index in [2.05, 4.69) is 39.9 Å². The average molecular weight is 321 g/mol. The van der Waals surface area contributed by atoms with Crippen LogP contribution in [-0.2, 0) is 0 Å². The lowest BCUT2D eigenvalue weighted by Gasteiger charge is -2.24. The molecule has 0 saturated carbocycles. The molecule has 0 aromatic heterocycles. The smallest absolute Gasteiger partial charge is 0.0992 e. The molecule has 0 spiro atoms. The Morgan fingerprint density at radius 1 is 1.37 bits per heavy atom. The summed E-state index contributed by atoms with van der Waals surface area (Å²) in [6, 6.07) is 8.09. The number of anilines is 1. The fraction of sp³-hybridized carbons (Fsp3) is 0.562. The van der Waals surface area contributed by atoms with Crippen molar-refractivity contribution in [2.24, 2.45) is 5.92 Å². The summed E-state index contributed by atoms with van der Waals surface area (Å²) in [6.45, 7) is 4.54. The second-order valence-electron chi connectivity index (χ2n) is 5.35. The first-order valence-electron chi connectivity index (χ1n) is 7.19. The van der Waals surface area contributed by atoms with Crippen LogP contribution >= 0.6 is 15.9 Å². The topological polar surface area (TPSA) is 27.0 Å². The Balaban J connectivity index is 2.08. The van der Waals surface area contributed by atoms with E-state index in [1.807, 2.05) is 12.1 Å². The van der Waals surface area contributed by atoms with Crippen LogP contribution < -0.4 is 4.90 Å². The van der Waals surface area contributed by atoms with Crippen LogP contribution in [0, 0.1) is 17.2 Å². The highest BCUT2D eigenvalue weighted by Gasteiger charge is 2.18. The third-order valence-corrected chi connectivity index (χ3v) is 4.60. The molecule has 1 aliphatic rings. The largest absolute Gasteiger partial charge is 0.371 e.